The quantitative estimate of drug-likeness (QED) is 0.714. The lowest BCUT2D eigenvalue weighted by molar-refractivity contribution is 0.630. The Morgan fingerprint density at radius 1 is 0.952 bits per heavy atom. The fourth-order valence-corrected chi connectivity index (χ4v) is 2.06. The van der Waals surface area contributed by atoms with Crippen LogP contribution in [0.4, 0.5) is 4.39 Å². The van der Waals surface area contributed by atoms with E-state index in [-0.39, 0.29) is 5.82 Å². The summed E-state index contributed by atoms with van der Waals surface area (Å²) in [6.45, 7) is 0. The van der Waals surface area contributed by atoms with Crippen LogP contribution in [0.3, 0.4) is 0 Å². The maximum absolute atomic E-state index is 13.8. The van der Waals surface area contributed by atoms with Crippen molar-refractivity contribution in [3.05, 3.63) is 72.2 Å². The lowest BCUT2D eigenvalue weighted by Crippen LogP contribution is -1.91. The Morgan fingerprint density at radius 3 is 2.43 bits per heavy atom. The third-order valence-electron chi connectivity index (χ3n) is 3.15. The largest absolute Gasteiger partial charge is 0.206 e. The minimum Gasteiger partial charge on any atom is -0.206 e. The summed E-state index contributed by atoms with van der Waals surface area (Å²) in [5.41, 5.74) is 3.22. The summed E-state index contributed by atoms with van der Waals surface area (Å²) in [6, 6.07) is 17.5. The maximum Gasteiger partial charge on any atom is 0.132 e. The van der Waals surface area contributed by atoms with E-state index in [0.717, 1.165) is 11.1 Å². The van der Waals surface area contributed by atoms with Gasteiger partial charge < -0.3 is 0 Å². The molecule has 100 valence electrons. The molecule has 2 aromatic carbocycles. The SMILES string of the molecule is N#Cc1ccc(-c2cnnc(-c3ccccc3F)c2)cc1. The molecule has 4 heteroatoms. The highest BCUT2D eigenvalue weighted by atomic mass is 19.1. The molecule has 0 N–H and O–H groups in total. The van der Waals surface area contributed by atoms with Crippen molar-refractivity contribution in [2.45, 2.75) is 0 Å². The third-order valence-corrected chi connectivity index (χ3v) is 3.15. The first-order valence-corrected chi connectivity index (χ1v) is 6.36. The number of aromatic nitrogens is 2. The normalized spacial score (nSPS) is 10.1. The fourth-order valence-electron chi connectivity index (χ4n) is 2.06. The van der Waals surface area contributed by atoms with Crippen molar-refractivity contribution in [3.8, 4) is 28.5 Å². The standard InChI is InChI=1S/C17H10FN3/c18-16-4-2-1-3-15(16)17-9-14(11-20-21-17)13-7-5-12(10-19)6-8-13/h1-9,11H. The number of hydrogen-bond donors (Lipinski definition) is 0. The Hall–Kier alpha value is -3.06. The van der Waals surface area contributed by atoms with Gasteiger partial charge in [-0.15, -0.1) is 0 Å². The van der Waals surface area contributed by atoms with E-state index in [1.165, 1.54) is 6.07 Å². The molecule has 0 amide bonds. The molecule has 0 aliphatic heterocycles. The Bertz CT molecular complexity index is 820. The van der Waals surface area contributed by atoms with Crippen LogP contribution in [0.15, 0.2) is 60.8 Å². The van der Waals surface area contributed by atoms with Crippen LogP contribution >= 0.6 is 0 Å². The monoisotopic (exact) mass is 275 g/mol. The molecule has 21 heavy (non-hydrogen) atoms. The van der Waals surface area contributed by atoms with Crippen LogP contribution in [0.5, 0.6) is 0 Å². The summed E-state index contributed by atoms with van der Waals surface area (Å²) in [5, 5.41) is 16.7. The molecule has 0 radical (unpaired) electrons. The summed E-state index contributed by atoms with van der Waals surface area (Å²) in [6.07, 6.45) is 1.62. The van der Waals surface area contributed by atoms with Gasteiger partial charge in [-0.2, -0.15) is 15.5 Å². The molecule has 0 aliphatic carbocycles. The van der Waals surface area contributed by atoms with Crippen LogP contribution in [0.1, 0.15) is 5.56 Å². The fraction of sp³-hybridized carbons (Fsp3) is 0. The molecule has 0 fully saturated rings. The number of rotatable bonds is 2. The first kappa shape index (κ1) is 12.9. The van der Waals surface area contributed by atoms with Crippen LogP contribution in [0, 0.1) is 17.1 Å². The highest BCUT2D eigenvalue weighted by Crippen LogP contribution is 2.25. The minimum atomic E-state index is -0.330. The van der Waals surface area contributed by atoms with E-state index in [1.807, 2.05) is 12.1 Å². The van der Waals surface area contributed by atoms with Gasteiger partial charge in [0.25, 0.3) is 0 Å². The average molecular weight is 275 g/mol. The van der Waals surface area contributed by atoms with Gasteiger partial charge in [-0.25, -0.2) is 4.39 Å². The summed E-state index contributed by atoms with van der Waals surface area (Å²) in [5.74, 6) is -0.330. The van der Waals surface area contributed by atoms with E-state index in [4.69, 9.17) is 5.26 Å². The Labute approximate surface area is 121 Å². The van der Waals surface area contributed by atoms with Crippen molar-refractivity contribution in [1.29, 1.82) is 5.26 Å². The molecule has 0 atom stereocenters. The predicted molar refractivity (Wildman–Crippen MR) is 77.6 cm³/mol. The Kier molecular flexibility index (Phi) is 3.40. The predicted octanol–water partition coefficient (Wildman–Crippen LogP) is 3.82. The van der Waals surface area contributed by atoms with Crippen LogP contribution in [-0.4, -0.2) is 10.2 Å². The number of halogens is 1. The van der Waals surface area contributed by atoms with Gasteiger partial charge in [0.15, 0.2) is 0 Å². The first-order chi connectivity index (χ1) is 10.3. The molecule has 0 saturated carbocycles. The molecule has 3 aromatic rings. The number of benzene rings is 2. The molecule has 3 nitrogen and oxygen atoms in total. The number of nitriles is 1. The average Bonchev–Trinajstić information content (AvgIpc) is 2.55. The van der Waals surface area contributed by atoms with Crippen molar-refractivity contribution in [2.24, 2.45) is 0 Å². The van der Waals surface area contributed by atoms with Crippen LogP contribution < -0.4 is 0 Å². The smallest absolute Gasteiger partial charge is 0.132 e. The minimum absolute atomic E-state index is 0.330. The highest BCUT2D eigenvalue weighted by molar-refractivity contribution is 5.70. The lowest BCUT2D eigenvalue weighted by atomic mass is 10.0. The molecule has 0 aliphatic rings. The molecule has 0 unspecified atom stereocenters. The molecule has 0 saturated heterocycles. The summed E-state index contributed by atoms with van der Waals surface area (Å²) >= 11 is 0. The zero-order chi connectivity index (χ0) is 14.7. The van der Waals surface area contributed by atoms with Crippen molar-refractivity contribution < 1.29 is 4.39 Å². The molecular weight excluding hydrogens is 265 g/mol. The second-order valence-electron chi connectivity index (χ2n) is 4.50. The molecule has 1 heterocycles. The number of nitrogens with zero attached hydrogens (tertiary/aromatic N) is 3. The van der Waals surface area contributed by atoms with Crippen LogP contribution in [0.2, 0.25) is 0 Å². The van der Waals surface area contributed by atoms with Gasteiger partial charge in [0.05, 0.1) is 23.5 Å². The van der Waals surface area contributed by atoms with Gasteiger partial charge in [-0.3, -0.25) is 0 Å². The second-order valence-corrected chi connectivity index (χ2v) is 4.50. The van der Waals surface area contributed by atoms with Gasteiger partial charge in [-0.05, 0) is 35.9 Å². The van der Waals surface area contributed by atoms with E-state index in [2.05, 4.69) is 16.3 Å². The van der Waals surface area contributed by atoms with E-state index < -0.39 is 0 Å². The van der Waals surface area contributed by atoms with E-state index in [9.17, 15) is 4.39 Å². The summed E-state index contributed by atoms with van der Waals surface area (Å²) < 4.78 is 13.8. The zero-order valence-electron chi connectivity index (χ0n) is 11.0. The van der Waals surface area contributed by atoms with Crippen molar-refractivity contribution in [1.82, 2.24) is 10.2 Å². The van der Waals surface area contributed by atoms with Crippen molar-refractivity contribution in [3.63, 3.8) is 0 Å². The first-order valence-electron chi connectivity index (χ1n) is 6.36. The highest BCUT2D eigenvalue weighted by Gasteiger charge is 2.08. The van der Waals surface area contributed by atoms with Gasteiger partial charge >= 0.3 is 0 Å². The Balaban J connectivity index is 2.04. The second kappa shape index (κ2) is 5.51. The maximum atomic E-state index is 13.8. The van der Waals surface area contributed by atoms with E-state index in [1.54, 1.807) is 42.6 Å². The van der Waals surface area contributed by atoms with Crippen LogP contribution in [-0.2, 0) is 0 Å². The van der Waals surface area contributed by atoms with Gasteiger partial charge in [0, 0.05) is 11.1 Å². The van der Waals surface area contributed by atoms with Gasteiger partial charge in [0.1, 0.15) is 5.82 Å². The third kappa shape index (κ3) is 2.63. The lowest BCUT2D eigenvalue weighted by Gasteiger charge is -2.05. The van der Waals surface area contributed by atoms with Gasteiger partial charge in [-0.1, -0.05) is 24.3 Å². The zero-order valence-corrected chi connectivity index (χ0v) is 11.0. The molecule has 3 rings (SSSR count). The van der Waals surface area contributed by atoms with E-state index in [0.29, 0.717) is 16.8 Å². The summed E-state index contributed by atoms with van der Waals surface area (Å²) in [4.78, 5) is 0. The Morgan fingerprint density at radius 2 is 1.71 bits per heavy atom. The van der Waals surface area contributed by atoms with Crippen molar-refractivity contribution in [2.75, 3.05) is 0 Å². The summed E-state index contributed by atoms with van der Waals surface area (Å²) in [7, 11) is 0. The molecular formula is C17H10FN3. The van der Waals surface area contributed by atoms with E-state index >= 15 is 0 Å². The number of hydrogen-bond acceptors (Lipinski definition) is 3. The molecule has 0 spiro atoms. The van der Waals surface area contributed by atoms with Gasteiger partial charge in [0.2, 0.25) is 0 Å². The van der Waals surface area contributed by atoms with Crippen molar-refractivity contribution >= 4 is 0 Å². The topological polar surface area (TPSA) is 49.6 Å². The molecule has 1 aromatic heterocycles. The molecule has 0 bridgehead atoms. The van der Waals surface area contributed by atoms with Crippen LogP contribution in [0.25, 0.3) is 22.4 Å².